The Hall–Kier alpha value is -1.57. The van der Waals surface area contributed by atoms with Crippen molar-refractivity contribution in [1.29, 1.82) is 0 Å². The highest BCUT2D eigenvalue weighted by Gasteiger charge is 1.98. The molecule has 0 heterocycles. The van der Waals surface area contributed by atoms with Gasteiger partial charge in [-0.1, -0.05) is 134 Å². The van der Waals surface area contributed by atoms with Gasteiger partial charge in [0.2, 0.25) is 0 Å². The summed E-state index contributed by atoms with van der Waals surface area (Å²) in [5.74, 6) is -0.241. The fourth-order valence-corrected chi connectivity index (χ4v) is 3.60. The van der Waals surface area contributed by atoms with Crippen molar-refractivity contribution in [3.8, 4) is 0 Å². The molecule has 2 nitrogen and oxygen atoms in total. The zero-order valence-corrected chi connectivity index (χ0v) is 18.9. The number of ether oxygens (including phenoxy) is 1. The van der Waals surface area contributed by atoms with Gasteiger partial charge in [0.15, 0.2) is 0 Å². The molecule has 0 bridgehead atoms. The van der Waals surface area contributed by atoms with Crippen molar-refractivity contribution in [2.45, 2.75) is 110 Å². The first-order valence-corrected chi connectivity index (χ1v) is 12.2. The predicted molar refractivity (Wildman–Crippen MR) is 126 cm³/mol. The molecule has 0 aliphatic rings. The van der Waals surface area contributed by atoms with Crippen LogP contribution in [0.5, 0.6) is 0 Å². The highest BCUT2D eigenvalue weighted by Crippen LogP contribution is 2.13. The summed E-state index contributed by atoms with van der Waals surface area (Å²) in [4.78, 5) is 11.7. The van der Waals surface area contributed by atoms with Gasteiger partial charge in [-0.3, -0.25) is 0 Å². The molecule has 2 heteroatoms. The second-order valence-electron chi connectivity index (χ2n) is 8.21. The number of hydrogen-bond donors (Lipinski definition) is 0. The second kappa shape index (κ2) is 19.7. The third-order valence-electron chi connectivity index (χ3n) is 5.45. The number of hydrogen-bond acceptors (Lipinski definition) is 2. The average Bonchev–Trinajstić information content (AvgIpc) is 2.75. The van der Waals surface area contributed by atoms with Gasteiger partial charge in [0.25, 0.3) is 0 Å². The molecular weight excluding hydrogens is 356 g/mol. The number of benzene rings is 1. The molecule has 0 amide bonds. The molecule has 0 spiro atoms. The van der Waals surface area contributed by atoms with Gasteiger partial charge in [0.05, 0.1) is 6.61 Å². The second-order valence-corrected chi connectivity index (χ2v) is 8.21. The summed E-state index contributed by atoms with van der Waals surface area (Å²) in [5, 5.41) is 0. The maximum absolute atomic E-state index is 11.7. The molecule has 29 heavy (non-hydrogen) atoms. The Morgan fingerprint density at radius 1 is 0.690 bits per heavy atom. The van der Waals surface area contributed by atoms with Crippen LogP contribution in [-0.2, 0) is 9.53 Å². The van der Waals surface area contributed by atoms with Crippen LogP contribution in [0.2, 0.25) is 0 Å². The van der Waals surface area contributed by atoms with Gasteiger partial charge in [-0.15, -0.1) is 0 Å². The lowest BCUT2D eigenvalue weighted by Crippen LogP contribution is -2.02. The van der Waals surface area contributed by atoms with Crippen LogP contribution >= 0.6 is 0 Å². The van der Waals surface area contributed by atoms with Gasteiger partial charge in [-0.25, -0.2) is 4.79 Å². The summed E-state index contributed by atoms with van der Waals surface area (Å²) in [5.41, 5.74) is 1.02. The highest BCUT2D eigenvalue weighted by atomic mass is 16.5. The zero-order chi connectivity index (χ0) is 20.8. The van der Waals surface area contributed by atoms with Gasteiger partial charge in [0, 0.05) is 6.08 Å². The van der Waals surface area contributed by atoms with E-state index in [1.54, 1.807) is 6.08 Å². The van der Waals surface area contributed by atoms with Crippen molar-refractivity contribution in [3.63, 3.8) is 0 Å². The molecule has 0 aliphatic carbocycles. The van der Waals surface area contributed by atoms with E-state index in [0.717, 1.165) is 18.4 Å². The molecule has 0 N–H and O–H groups in total. The van der Waals surface area contributed by atoms with Crippen molar-refractivity contribution in [3.05, 3.63) is 42.0 Å². The molecule has 1 aromatic carbocycles. The van der Waals surface area contributed by atoms with Crippen LogP contribution in [0.15, 0.2) is 36.4 Å². The molecule has 0 aromatic heterocycles. The van der Waals surface area contributed by atoms with Gasteiger partial charge in [-0.2, -0.15) is 0 Å². The summed E-state index contributed by atoms with van der Waals surface area (Å²) >= 11 is 0. The van der Waals surface area contributed by atoms with Crippen molar-refractivity contribution >= 4 is 12.0 Å². The van der Waals surface area contributed by atoms with Gasteiger partial charge in [0.1, 0.15) is 0 Å². The lowest BCUT2D eigenvalue weighted by molar-refractivity contribution is -0.137. The summed E-state index contributed by atoms with van der Waals surface area (Å²) in [6.07, 6.45) is 25.0. The Labute approximate surface area is 180 Å². The number of carbonyl (C=O) groups is 1. The van der Waals surface area contributed by atoms with Crippen LogP contribution in [0.25, 0.3) is 6.08 Å². The van der Waals surface area contributed by atoms with Crippen LogP contribution in [0.4, 0.5) is 0 Å². The lowest BCUT2D eigenvalue weighted by atomic mass is 10.0. The summed E-state index contributed by atoms with van der Waals surface area (Å²) in [7, 11) is 0. The molecular formula is C27H44O2. The molecule has 0 radical (unpaired) electrons. The van der Waals surface area contributed by atoms with Gasteiger partial charge < -0.3 is 4.74 Å². The number of esters is 1. The third kappa shape index (κ3) is 17.0. The Balaban J connectivity index is 1.78. The van der Waals surface area contributed by atoms with E-state index in [1.165, 1.54) is 96.0 Å². The first-order valence-electron chi connectivity index (χ1n) is 12.2. The average molecular weight is 401 g/mol. The lowest BCUT2D eigenvalue weighted by Gasteiger charge is -2.04. The molecule has 0 saturated carbocycles. The van der Waals surface area contributed by atoms with E-state index in [4.69, 9.17) is 4.74 Å². The van der Waals surface area contributed by atoms with Crippen LogP contribution < -0.4 is 0 Å². The standard InChI is InChI=1S/C27H44O2/c1-2-3-4-5-6-7-8-9-10-11-12-13-14-15-16-20-25-29-27(28)24-23-26-21-18-17-19-22-26/h17-19,21-24H,2-16,20,25H2,1H3/b24-23+. The SMILES string of the molecule is CCCCCCCCCCCCCCCCCCOC(=O)/C=C/c1ccccc1. The molecule has 0 unspecified atom stereocenters. The zero-order valence-electron chi connectivity index (χ0n) is 18.9. The number of unbranched alkanes of at least 4 members (excludes halogenated alkanes) is 15. The Morgan fingerprint density at radius 3 is 1.62 bits per heavy atom. The largest absolute Gasteiger partial charge is 0.463 e. The van der Waals surface area contributed by atoms with Crippen LogP contribution in [0.3, 0.4) is 0 Å². The fraction of sp³-hybridized carbons (Fsp3) is 0.667. The topological polar surface area (TPSA) is 26.3 Å². The molecule has 0 fully saturated rings. The normalized spacial score (nSPS) is 11.2. The molecule has 1 aromatic rings. The van der Waals surface area contributed by atoms with E-state index in [-0.39, 0.29) is 5.97 Å². The Morgan fingerprint density at radius 2 is 1.14 bits per heavy atom. The van der Waals surface area contributed by atoms with Crippen LogP contribution in [0.1, 0.15) is 115 Å². The maximum atomic E-state index is 11.7. The molecule has 0 saturated heterocycles. The molecule has 1 rings (SSSR count). The van der Waals surface area contributed by atoms with E-state index < -0.39 is 0 Å². The summed E-state index contributed by atoms with van der Waals surface area (Å²) in [6.45, 7) is 2.82. The van der Waals surface area contributed by atoms with E-state index in [0.29, 0.717) is 6.61 Å². The minimum absolute atomic E-state index is 0.241. The first kappa shape index (κ1) is 25.5. The Bertz CT molecular complexity index is 507. The van der Waals surface area contributed by atoms with E-state index in [1.807, 2.05) is 30.3 Å². The quantitative estimate of drug-likeness (QED) is 0.132. The number of rotatable bonds is 19. The van der Waals surface area contributed by atoms with E-state index in [9.17, 15) is 4.79 Å². The number of carbonyl (C=O) groups excluding carboxylic acids is 1. The highest BCUT2D eigenvalue weighted by molar-refractivity contribution is 5.86. The third-order valence-corrected chi connectivity index (χ3v) is 5.45. The summed E-state index contributed by atoms with van der Waals surface area (Å²) < 4.78 is 5.26. The van der Waals surface area contributed by atoms with Crippen LogP contribution in [-0.4, -0.2) is 12.6 Å². The summed E-state index contributed by atoms with van der Waals surface area (Å²) in [6, 6.07) is 9.83. The fourth-order valence-electron chi connectivity index (χ4n) is 3.60. The van der Waals surface area contributed by atoms with Crippen molar-refractivity contribution in [2.24, 2.45) is 0 Å². The monoisotopic (exact) mass is 400 g/mol. The van der Waals surface area contributed by atoms with E-state index in [2.05, 4.69) is 6.92 Å². The van der Waals surface area contributed by atoms with Crippen molar-refractivity contribution < 1.29 is 9.53 Å². The molecule has 0 aliphatic heterocycles. The maximum Gasteiger partial charge on any atom is 0.330 e. The first-order chi connectivity index (χ1) is 14.3. The smallest absolute Gasteiger partial charge is 0.330 e. The minimum Gasteiger partial charge on any atom is -0.463 e. The van der Waals surface area contributed by atoms with Crippen LogP contribution in [0, 0.1) is 0 Å². The molecule has 164 valence electrons. The van der Waals surface area contributed by atoms with Gasteiger partial charge >= 0.3 is 5.97 Å². The van der Waals surface area contributed by atoms with Crippen molar-refractivity contribution in [1.82, 2.24) is 0 Å². The predicted octanol–water partition coefficient (Wildman–Crippen LogP) is 8.50. The Kier molecular flexibility index (Phi) is 17.3. The molecule has 0 atom stereocenters. The van der Waals surface area contributed by atoms with Crippen molar-refractivity contribution in [2.75, 3.05) is 6.61 Å². The van der Waals surface area contributed by atoms with E-state index >= 15 is 0 Å². The van der Waals surface area contributed by atoms with Gasteiger partial charge in [-0.05, 0) is 18.1 Å². The minimum atomic E-state index is -0.241.